The molecule has 1 aromatic heterocycles. The van der Waals surface area contributed by atoms with Crippen LogP contribution in [0.1, 0.15) is 36.2 Å². The van der Waals surface area contributed by atoms with Gasteiger partial charge in [0.2, 0.25) is 0 Å². The fraction of sp³-hybridized carbons (Fsp3) is 0.583. The lowest BCUT2D eigenvalue weighted by atomic mass is 9.89. The van der Waals surface area contributed by atoms with Crippen molar-refractivity contribution in [2.45, 2.75) is 30.5 Å². The molecule has 7 heteroatoms. The molecule has 1 amide bonds. The minimum Gasteiger partial charge on any atom is -0.395 e. The second-order valence-electron chi connectivity index (χ2n) is 4.73. The summed E-state index contributed by atoms with van der Waals surface area (Å²) in [6.45, 7) is 0.579. The van der Waals surface area contributed by atoms with Crippen LogP contribution in [0.5, 0.6) is 0 Å². The van der Waals surface area contributed by atoms with E-state index in [-0.39, 0.29) is 5.76 Å². The van der Waals surface area contributed by atoms with E-state index < -0.39 is 16.7 Å². The topological polar surface area (TPSA) is 85.4 Å². The quantitative estimate of drug-likeness (QED) is 0.522. The molecule has 1 aliphatic carbocycles. The van der Waals surface area contributed by atoms with E-state index >= 15 is 0 Å². The van der Waals surface area contributed by atoms with Gasteiger partial charge in [-0.1, -0.05) is 22.4 Å². The van der Waals surface area contributed by atoms with E-state index in [0.717, 1.165) is 19.3 Å². The first-order chi connectivity index (χ1) is 9.06. The van der Waals surface area contributed by atoms with Crippen LogP contribution in [0.25, 0.3) is 0 Å². The van der Waals surface area contributed by atoms with Crippen LogP contribution in [-0.4, -0.2) is 22.2 Å². The standard InChI is InChI=1S/C12H15BrN2O4/c13-9-3-1-2-8(6-9)7-14-12(16)10-4-5-11(19-10)15(17)18/h4-5,8-9H,1-3,6-7H2,(H,14,16). The van der Waals surface area contributed by atoms with Gasteiger partial charge in [-0.15, -0.1) is 0 Å². The van der Waals surface area contributed by atoms with Crippen LogP contribution in [0.15, 0.2) is 16.5 Å². The molecule has 1 aliphatic rings. The lowest BCUT2D eigenvalue weighted by Gasteiger charge is -2.25. The first-order valence-electron chi connectivity index (χ1n) is 6.22. The third kappa shape index (κ3) is 3.79. The van der Waals surface area contributed by atoms with Crippen LogP contribution in [0.2, 0.25) is 0 Å². The van der Waals surface area contributed by atoms with Crippen molar-refractivity contribution in [1.29, 1.82) is 0 Å². The molecule has 0 radical (unpaired) electrons. The van der Waals surface area contributed by atoms with Crippen LogP contribution in [0.4, 0.5) is 5.88 Å². The van der Waals surface area contributed by atoms with E-state index in [2.05, 4.69) is 21.2 Å². The van der Waals surface area contributed by atoms with Crippen molar-refractivity contribution in [3.8, 4) is 0 Å². The summed E-state index contributed by atoms with van der Waals surface area (Å²) in [5.74, 6) is -0.377. The monoisotopic (exact) mass is 330 g/mol. The van der Waals surface area contributed by atoms with E-state index in [9.17, 15) is 14.9 Å². The zero-order valence-corrected chi connectivity index (χ0v) is 11.9. The molecule has 1 fully saturated rings. The SMILES string of the molecule is O=C(NCC1CCCC(Br)C1)c1ccc([N+](=O)[O-])o1. The van der Waals surface area contributed by atoms with Crippen LogP contribution in [0, 0.1) is 16.0 Å². The number of furan rings is 1. The van der Waals surface area contributed by atoms with E-state index in [1.807, 2.05) is 0 Å². The minimum absolute atomic E-state index is 0.0158. The zero-order chi connectivity index (χ0) is 13.8. The third-order valence-electron chi connectivity index (χ3n) is 3.27. The molecule has 1 N–H and O–H groups in total. The summed E-state index contributed by atoms with van der Waals surface area (Å²) < 4.78 is 4.85. The molecule has 2 unspecified atom stereocenters. The highest BCUT2D eigenvalue weighted by atomic mass is 79.9. The van der Waals surface area contributed by atoms with Gasteiger partial charge in [0, 0.05) is 11.4 Å². The number of nitro groups is 1. The summed E-state index contributed by atoms with van der Waals surface area (Å²) in [5.41, 5.74) is 0. The maximum atomic E-state index is 11.8. The largest absolute Gasteiger partial charge is 0.433 e. The molecule has 1 heterocycles. The highest BCUT2D eigenvalue weighted by Crippen LogP contribution is 2.28. The van der Waals surface area contributed by atoms with Crippen LogP contribution in [-0.2, 0) is 0 Å². The van der Waals surface area contributed by atoms with Crippen molar-refractivity contribution in [3.05, 3.63) is 28.0 Å². The van der Waals surface area contributed by atoms with Gasteiger partial charge >= 0.3 is 5.88 Å². The Labute approximate surface area is 118 Å². The molecule has 0 spiro atoms. The average molecular weight is 331 g/mol. The molecule has 104 valence electrons. The van der Waals surface area contributed by atoms with Crippen molar-refractivity contribution in [1.82, 2.24) is 5.32 Å². The van der Waals surface area contributed by atoms with Gasteiger partial charge in [-0.25, -0.2) is 0 Å². The Morgan fingerprint density at radius 1 is 1.53 bits per heavy atom. The summed E-state index contributed by atoms with van der Waals surface area (Å²) >= 11 is 3.59. The predicted octanol–water partition coefficient (Wildman–Crippen LogP) is 2.87. The zero-order valence-electron chi connectivity index (χ0n) is 10.3. The molecule has 0 bridgehead atoms. The maximum Gasteiger partial charge on any atom is 0.433 e. The Balaban J connectivity index is 1.85. The number of nitrogens with zero attached hydrogens (tertiary/aromatic N) is 1. The van der Waals surface area contributed by atoms with Gasteiger partial charge in [0.05, 0.1) is 6.07 Å². The number of carbonyl (C=O) groups is 1. The number of nitrogens with one attached hydrogen (secondary N) is 1. The Bertz CT molecular complexity index is 474. The number of rotatable bonds is 4. The highest BCUT2D eigenvalue weighted by molar-refractivity contribution is 9.09. The molecule has 19 heavy (non-hydrogen) atoms. The fourth-order valence-electron chi connectivity index (χ4n) is 2.28. The maximum absolute atomic E-state index is 11.8. The van der Waals surface area contributed by atoms with E-state index in [1.165, 1.54) is 18.6 Å². The van der Waals surface area contributed by atoms with Crippen LogP contribution < -0.4 is 5.32 Å². The van der Waals surface area contributed by atoms with Gasteiger partial charge in [-0.3, -0.25) is 14.9 Å². The highest BCUT2D eigenvalue weighted by Gasteiger charge is 2.22. The summed E-state index contributed by atoms with van der Waals surface area (Å²) in [6.07, 6.45) is 4.47. The lowest BCUT2D eigenvalue weighted by Crippen LogP contribution is -2.31. The molecule has 1 saturated carbocycles. The molecular formula is C12H15BrN2O4. The van der Waals surface area contributed by atoms with Gasteiger partial charge in [-0.05, 0) is 31.2 Å². The van der Waals surface area contributed by atoms with Gasteiger partial charge < -0.3 is 9.73 Å². The summed E-state index contributed by atoms with van der Waals surface area (Å²) in [4.78, 5) is 22.1. The van der Waals surface area contributed by atoms with Crippen LogP contribution in [0.3, 0.4) is 0 Å². The Kier molecular flexibility index (Phi) is 4.57. The van der Waals surface area contributed by atoms with E-state index in [1.54, 1.807) is 0 Å². The number of amides is 1. The number of alkyl halides is 1. The van der Waals surface area contributed by atoms with Gasteiger partial charge in [0.1, 0.15) is 4.92 Å². The molecule has 2 atom stereocenters. The summed E-state index contributed by atoms with van der Waals surface area (Å²) in [7, 11) is 0. The van der Waals surface area contributed by atoms with Gasteiger partial charge in [0.25, 0.3) is 5.91 Å². The first kappa shape index (κ1) is 14.0. The predicted molar refractivity (Wildman–Crippen MR) is 72.4 cm³/mol. The molecule has 6 nitrogen and oxygen atoms in total. The first-order valence-corrected chi connectivity index (χ1v) is 7.14. The summed E-state index contributed by atoms with van der Waals surface area (Å²) in [5, 5.41) is 13.2. The molecule has 0 saturated heterocycles. The van der Waals surface area contributed by atoms with Gasteiger partial charge in [0.15, 0.2) is 5.76 Å². The smallest absolute Gasteiger partial charge is 0.395 e. The number of hydrogen-bond acceptors (Lipinski definition) is 4. The molecule has 2 rings (SSSR count). The second-order valence-corrected chi connectivity index (χ2v) is 6.03. The normalized spacial score (nSPS) is 23.0. The number of hydrogen-bond donors (Lipinski definition) is 1. The molecule has 0 aliphatic heterocycles. The lowest BCUT2D eigenvalue weighted by molar-refractivity contribution is -0.402. The van der Waals surface area contributed by atoms with Crippen molar-refractivity contribution in [3.63, 3.8) is 0 Å². The van der Waals surface area contributed by atoms with Crippen molar-refractivity contribution >= 4 is 27.7 Å². The van der Waals surface area contributed by atoms with E-state index in [0.29, 0.717) is 17.3 Å². The van der Waals surface area contributed by atoms with Gasteiger partial charge in [-0.2, -0.15) is 0 Å². The van der Waals surface area contributed by atoms with E-state index in [4.69, 9.17) is 4.42 Å². The van der Waals surface area contributed by atoms with Crippen molar-refractivity contribution < 1.29 is 14.1 Å². The molecular weight excluding hydrogens is 316 g/mol. The van der Waals surface area contributed by atoms with Crippen molar-refractivity contribution in [2.75, 3.05) is 6.54 Å². The molecule has 0 aromatic carbocycles. The second kappa shape index (κ2) is 6.18. The van der Waals surface area contributed by atoms with Crippen LogP contribution >= 0.6 is 15.9 Å². The fourth-order valence-corrected chi connectivity index (χ4v) is 3.14. The third-order valence-corrected chi connectivity index (χ3v) is 4.10. The average Bonchev–Trinajstić information content (AvgIpc) is 2.86. The Hall–Kier alpha value is -1.37. The number of carbonyl (C=O) groups excluding carboxylic acids is 1. The Morgan fingerprint density at radius 2 is 2.32 bits per heavy atom. The van der Waals surface area contributed by atoms with Crippen molar-refractivity contribution in [2.24, 2.45) is 5.92 Å². The number of halogens is 1. The summed E-state index contributed by atoms with van der Waals surface area (Å²) in [6, 6.07) is 2.51. The molecule has 1 aromatic rings. The Morgan fingerprint density at radius 3 is 2.95 bits per heavy atom. The minimum atomic E-state index is -0.659.